The molecule has 0 amide bonds. The molecule has 0 bridgehead atoms. The summed E-state index contributed by atoms with van der Waals surface area (Å²) in [6.07, 6.45) is 0. The van der Waals surface area contributed by atoms with Crippen molar-refractivity contribution in [1.29, 1.82) is 0 Å². The van der Waals surface area contributed by atoms with Gasteiger partial charge in [-0.1, -0.05) is 17.7 Å². The summed E-state index contributed by atoms with van der Waals surface area (Å²) in [7, 11) is -1.98. The normalized spacial score (nSPS) is 10.1. The fraction of sp³-hybridized carbons (Fsp3) is 0. The Morgan fingerprint density at radius 3 is 2.33 bits per heavy atom. The number of hydrogen-bond acceptors (Lipinski definition) is 2. The average Bonchev–Trinajstić information content (AvgIpc) is 2.00. The minimum absolute atomic E-state index is 0.443. The summed E-state index contributed by atoms with van der Waals surface area (Å²) in [6, 6.07) is 1.78. The molecule has 1 aromatic rings. The van der Waals surface area contributed by atoms with Crippen LogP contribution in [0.25, 0.3) is 0 Å². The van der Waals surface area contributed by atoms with Crippen LogP contribution in [0.5, 0.6) is 0 Å². The molecule has 0 radical (unpaired) electrons. The standard InChI is InChI=1S/C6H4BClF2O2/c8-5-4(9)2-1-3(6(5)10)7(11)12/h1-2,11-12H. The van der Waals surface area contributed by atoms with Crippen molar-refractivity contribution in [3.63, 3.8) is 0 Å². The fourth-order valence-corrected chi connectivity index (χ4v) is 0.912. The highest BCUT2D eigenvalue weighted by atomic mass is 35.5. The topological polar surface area (TPSA) is 40.5 Å². The highest BCUT2D eigenvalue weighted by Crippen LogP contribution is 2.16. The minimum Gasteiger partial charge on any atom is -0.423 e. The van der Waals surface area contributed by atoms with Crippen LogP contribution in [0.4, 0.5) is 8.78 Å². The molecule has 0 heterocycles. The van der Waals surface area contributed by atoms with Crippen molar-refractivity contribution in [2.45, 2.75) is 0 Å². The maximum absolute atomic E-state index is 12.8. The van der Waals surface area contributed by atoms with Gasteiger partial charge in [-0.05, 0) is 6.07 Å². The lowest BCUT2D eigenvalue weighted by Crippen LogP contribution is -2.33. The van der Waals surface area contributed by atoms with Gasteiger partial charge in [0.2, 0.25) is 0 Å². The molecule has 64 valence electrons. The lowest BCUT2D eigenvalue weighted by atomic mass is 9.80. The third-order valence-corrected chi connectivity index (χ3v) is 1.69. The zero-order valence-corrected chi connectivity index (χ0v) is 6.52. The van der Waals surface area contributed by atoms with E-state index in [0.717, 1.165) is 12.1 Å². The third-order valence-electron chi connectivity index (χ3n) is 1.34. The van der Waals surface area contributed by atoms with Crippen molar-refractivity contribution in [1.82, 2.24) is 0 Å². The van der Waals surface area contributed by atoms with Crippen LogP contribution >= 0.6 is 11.6 Å². The van der Waals surface area contributed by atoms with Crippen LogP contribution in [0, 0.1) is 11.6 Å². The summed E-state index contributed by atoms with van der Waals surface area (Å²) in [5.74, 6) is -2.08. The highest BCUT2D eigenvalue weighted by Gasteiger charge is 2.20. The second-order valence-corrected chi connectivity index (χ2v) is 2.52. The van der Waals surface area contributed by atoms with Gasteiger partial charge in [0.15, 0.2) is 0 Å². The Morgan fingerprint density at radius 1 is 1.25 bits per heavy atom. The molecular weight excluding hydrogens is 188 g/mol. The molecule has 0 aliphatic rings. The third kappa shape index (κ3) is 1.58. The summed E-state index contributed by atoms with van der Waals surface area (Å²) in [4.78, 5) is 0. The van der Waals surface area contributed by atoms with Crippen molar-refractivity contribution >= 4 is 24.2 Å². The van der Waals surface area contributed by atoms with E-state index in [9.17, 15) is 8.78 Å². The van der Waals surface area contributed by atoms with Gasteiger partial charge in [-0.3, -0.25) is 0 Å². The Bertz CT molecular complexity index is 306. The first-order valence-electron chi connectivity index (χ1n) is 3.03. The number of halogens is 3. The minimum atomic E-state index is -1.98. The van der Waals surface area contributed by atoms with Crippen molar-refractivity contribution in [3.8, 4) is 0 Å². The van der Waals surface area contributed by atoms with Gasteiger partial charge in [-0.2, -0.15) is 0 Å². The maximum atomic E-state index is 12.8. The molecule has 0 saturated carbocycles. The summed E-state index contributed by atoms with van der Waals surface area (Å²) < 4.78 is 25.3. The van der Waals surface area contributed by atoms with Gasteiger partial charge in [0.05, 0.1) is 0 Å². The number of hydrogen-bond donors (Lipinski definition) is 2. The van der Waals surface area contributed by atoms with Crippen molar-refractivity contribution in [2.75, 3.05) is 0 Å². The largest absolute Gasteiger partial charge is 0.491 e. The molecule has 1 rings (SSSR count). The first-order valence-corrected chi connectivity index (χ1v) is 3.41. The lowest BCUT2D eigenvalue weighted by Gasteiger charge is -2.02. The van der Waals surface area contributed by atoms with E-state index >= 15 is 0 Å². The summed E-state index contributed by atoms with van der Waals surface area (Å²) in [5, 5.41) is 16.4. The van der Waals surface area contributed by atoms with E-state index in [0.29, 0.717) is 0 Å². The Kier molecular flexibility index (Phi) is 2.67. The van der Waals surface area contributed by atoms with E-state index in [-0.39, 0.29) is 0 Å². The van der Waals surface area contributed by atoms with E-state index in [2.05, 4.69) is 0 Å². The molecule has 12 heavy (non-hydrogen) atoms. The molecule has 0 spiro atoms. The Labute approximate surface area is 72.5 Å². The Balaban J connectivity index is 3.27. The summed E-state index contributed by atoms with van der Waals surface area (Å²) in [6.45, 7) is 0. The zero-order valence-electron chi connectivity index (χ0n) is 5.76. The van der Waals surface area contributed by atoms with Gasteiger partial charge in [0.1, 0.15) is 16.7 Å². The summed E-state index contributed by atoms with van der Waals surface area (Å²) >= 11 is 5.15. The second kappa shape index (κ2) is 3.39. The van der Waals surface area contributed by atoms with Crippen molar-refractivity contribution in [3.05, 3.63) is 28.8 Å². The molecule has 0 aromatic heterocycles. The summed E-state index contributed by atoms with van der Waals surface area (Å²) in [5.41, 5.74) is -0.443. The van der Waals surface area contributed by atoms with Gasteiger partial charge in [0, 0.05) is 5.46 Å². The van der Waals surface area contributed by atoms with Crippen molar-refractivity contribution < 1.29 is 18.8 Å². The first-order chi connectivity index (χ1) is 5.54. The van der Waals surface area contributed by atoms with E-state index in [1.54, 1.807) is 0 Å². The Hall–Kier alpha value is -0.645. The van der Waals surface area contributed by atoms with Gasteiger partial charge >= 0.3 is 7.12 Å². The van der Waals surface area contributed by atoms with Crippen LogP contribution in [0.2, 0.25) is 5.02 Å². The molecule has 2 N–H and O–H groups in total. The highest BCUT2D eigenvalue weighted by molar-refractivity contribution is 6.59. The molecular formula is C6H4BClF2O2. The molecule has 0 atom stereocenters. The molecule has 0 fully saturated rings. The number of benzene rings is 1. The molecule has 0 saturated heterocycles. The quantitative estimate of drug-likeness (QED) is 0.496. The Morgan fingerprint density at radius 2 is 1.83 bits per heavy atom. The van der Waals surface area contributed by atoms with Gasteiger partial charge in [0.25, 0.3) is 0 Å². The molecule has 2 nitrogen and oxygen atoms in total. The van der Waals surface area contributed by atoms with Crippen LogP contribution in [0.3, 0.4) is 0 Å². The van der Waals surface area contributed by atoms with Gasteiger partial charge in [-0.15, -0.1) is 0 Å². The monoisotopic (exact) mass is 192 g/mol. The molecule has 0 unspecified atom stereocenters. The smallest absolute Gasteiger partial charge is 0.423 e. The van der Waals surface area contributed by atoms with Crippen LogP contribution < -0.4 is 5.46 Å². The molecule has 0 aliphatic heterocycles. The SMILES string of the molecule is OB(O)c1ccc(F)c(Cl)c1F. The first kappa shape index (κ1) is 9.44. The average molecular weight is 192 g/mol. The second-order valence-electron chi connectivity index (χ2n) is 2.14. The van der Waals surface area contributed by atoms with Gasteiger partial charge in [-0.25, -0.2) is 8.78 Å². The maximum Gasteiger partial charge on any atom is 0.491 e. The lowest BCUT2D eigenvalue weighted by molar-refractivity contribution is 0.422. The number of rotatable bonds is 1. The van der Waals surface area contributed by atoms with Crippen LogP contribution in [0.15, 0.2) is 12.1 Å². The van der Waals surface area contributed by atoms with Crippen LogP contribution in [0.1, 0.15) is 0 Å². The van der Waals surface area contributed by atoms with E-state index in [1.807, 2.05) is 0 Å². The van der Waals surface area contributed by atoms with Crippen LogP contribution in [-0.4, -0.2) is 17.2 Å². The predicted octanol–water partition coefficient (Wildman–Crippen LogP) is 0.298. The molecule has 1 aromatic carbocycles. The van der Waals surface area contributed by atoms with E-state index in [4.69, 9.17) is 21.6 Å². The fourth-order valence-electron chi connectivity index (χ4n) is 0.740. The van der Waals surface area contributed by atoms with E-state index in [1.165, 1.54) is 0 Å². The van der Waals surface area contributed by atoms with E-state index < -0.39 is 29.2 Å². The molecule has 0 aliphatic carbocycles. The van der Waals surface area contributed by atoms with Crippen LogP contribution in [-0.2, 0) is 0 Å². The van der Waals surface area contributed by atoms with Crippen molar-refractivity contribution in [2.24, 2.45) is 0 Å². The zero-order chi connectivity index (χ0) is 9.30. The molecule has 6 heteroatoms. The van der Waals surface area contributed by atoms with Gasteiger partial charge < -0.3 is 10.0 Å². The predicted molar refractivity (Wildman–Crippen MR) is 41.2 cm³/mol.